The van der Waals surface area contributed by atoms with Crippen molar-refractivity contribution < 1.29 is 14.3 Å². The smallest absolute Gasteiger partial charge is 0.321 e. The lowest BCUT2D eigenvalue weighted by Crippen LogP contribution is -2.34. The summed E-state index contributed by atoms with van der Waals surface area (Å²) in [5.74, 6) is 1.53. The van der Waals surface area contributed by atoms with Gasteiger partial charge in [-0.3, -0.25) is 0 Å². The fourth-order valence-corrected chi connectivity index (χ4v) is 3.23. The van der Waals surface area contributed by atoms with E-state index in [0.29, 0.717) is 13.2 Å². The molecule has 0 fully saturated rings. The molecule has 0 aromatic heterocycles. The maximum absolute atomic E-state index is 12.3. The number of amides is 2. The van der Waals surface area contributed by atoms with E-state index in [-0.39, 0.29) is 10.8 Å². The number of hydrogen-bond donors (Lipinski definition) is 1. The topological polar surface area (TPSA) is 50.8 Å². The molecule has 2 aromatic carbocycles. The van der Waals surface area contributed by atoms with Gasteiger partial charge in [-0.15, -0.1) is 11.8 Å². The Morgan fingerprint density at radius 2 is 1.63 bits per heavy atom. The Balaban J connectivity index is 1.77. The molecule has 1 N–H and O–H groups in total. The van der Waals surface area contributed by atoms with Crippen LogP contribution in [0.4, 0.5) is 10.5 Å². The molecule has 0 aliphatic carbocycles. The minimum absolute atomic E-state index is 0.162. The van der Waals surface area contributed by atoms with Gasteiger partial charge in [0, 0.05) is 22.4 Å². The highest BCUT2D eigenvalue weighted by Gasteiger charge is 2.13. The van der Waals surface area contributed by atoms with Crippen molar-refractivity contribution >= 4 is 23.5 Å². The quantitative estimate of drug-likeness (QED) is 0.668. The van der Waals surface area contributed by atoms with Gasteiger partial charge in [0.25, 0.3) is 0 Å². The summed E-state index contributed by atoms with van der Waals surface area (Å²) in [7, 11) is 3.37. The summed E-state index contributed by atoms with van der Waals surface area (Å²) in [6, 6.07) is 15.1. The molecule has 0 radical (unpaired) electrons. The largest absolute Gasteiger partial charge is 0.497 e. The van der Waals surface area contributed by atoms with Gasteiger partial charge < -0.3 is 19.7 Å². The standard InChI is InChI=1S/C21H28N2O3S/c1-21(2,3)27-19-12-6-16(7-13-19)22-20(24)23(4)14-15-26-18-10-8-17(25-5)9-11-18/h6-13H,14-15H2,1-5H3,(H,22,24). The van der Waals surface area contributed by atoms with Crippen LogP contribution < -0.4 is 14.8 Å². The van der Waals surface area contributed by atoms with Crippen LogP contribution in [-0.2, 0) is 0 Å². The molecule has 0 aliphatic rings. The molecular weight excluding hydrogens is 360 g/mol. The minimum atomic E-state index is -0.162. The molecule has 2 aromatic rings. The fraction of sp³-hybridized carbons (Fsp3) is 0.381. The average molecular weight is 389 g/mol. The molecule has 6 heteroatoms. The lowest BCUT2D eigenvalue weighted by Gasteiger charge is -2.19. The van der Waals surface area contributed by atoms with Crippen molar-refractivity contribution in [3.63, 3.8) is 0 Å². The number of urea groups is 1. The van der Waals surface area contributed by atoms with Crippen LogP contribution in [0.15, 0.2) is 53.4 Å². The van der Waals surface area contributed by atoms with Crippen LogP contribution >= 0.6 is 11.8 Å². The van der Waals surface area contributed by atoms with Gasteiger partial charge in [0.15, 0.2) is 0 Å². The van der Waals surface area contributed by atoms with Crippen LogP contribution in [0.5, 0.6) is 11.5 Å². The first-order chi connectivity index (χ1) is 12.8. The summed E-state index contributed by atoms with van der Waals surface area (Å²) in [4.78, 5) is 15.1. The van der Waals surface area contributed by atoms with Gasteiger partial charge in [-0.25, -0.2) is 4.79 Å². The summed E-state index contributed by atoms with van der Waals surface area (Å²) in [6.07, 6.45) is 0. The Hall–Kier alpha value is -2.34. The summed E-state index contributed by atoms with van der Waals surface area (Å²) in [6.45, 7) is 7.43. The molecule has 0 saturated carbocycles. The van der Waals surface area contributed by atoms with Crippen LogP contribution in [0.3, 0.4) is 0 Å². The molecule has 2 rings (SSSR count). The number of likely N-dealkylation sites (N-methyl/N-ethyl adjacent to an activating group) is 1. The molecule has 27 heavy (non-hydrogen) atoms. The molecule has 5 nitrogen and oxygen atoms in total. The number of ether oxygens (including phenoxy) is 2. The van der Waals surface area contributed by atoms with Gasteiger partial charge in [-0.1, -0.05) is 20.8 Å². The Bertz CT molecular complexity index is 725. The van der Waals surface area contributed by atoms with Crippen molar-refractivity contribution in [2.45, 2.75) is 30.4 Å². The summed E-state index contributed by atoms with van der Waals surface area (Å²) < 4.78 is 10.9. The normalized spacial score (nSPS) is 11.0. The second-order valence-electron chi connectivity index (χ2n) is 7.11. The highest BCUT2D eigenvalue weighted by molar-refractivity contribution is 8.00. The van der Waals surface area contributed by atoms with Crippen molar-refractivity contribution in [3.8, 4) is 11.5 Å². The van der Waals surface area contributed by atoms with Gasteiger partial charge in [0.05, 0.1) is 13.7 Å². The molecule has 0 spiro atoms. The lowest BCUT2D eigenvalue weighted by molar-refractivity contribution is 0.207. The van der Waals surface area contributed by atoms with E-state index >= 15 is 0 Å². The van der Waals surface area contributed by atoms with Crippen molar-refractivity contribution in [1.82, 2.24) is 4.90 Å². The second kappa shape index (κ2) is 9.55. The van der Waals surface area contributed by atoms with Crippen LogP contribution in [0, 0.1) is 0 Å². The number of nitrogens with one attached hydrogen (secondary N) is 1. The van der Waals surface area contributed by atoms with Gasteiger partial charge in [-0.05, 0) is 48.5 Å². The van der Waals surface area contributed by atoms with E-state index in [1.54, 1.807) is 30.8 Å². The lowest BCUT2D eigenvalue weighted by atomic mass is 10.3. The predicted molar refractivity (Wildman–Crippen MR) is 112 cm³/mol. The number of rotatable bonds is 7. The van der Waals surface area contributed by atoms with E-state index in [9.17, 15) is 4.79 Å². The first kappa shape index (κ1) is 21.0. The highest BCUT2D eigenvalue weighted by atomic mass is 32.2. The number of anilines is 1. The van der Waals surface area contributed by atoms with Crippen molar-refractivity contribution in [1.29, 1.82) is 0 Å². The summed E-state index contributed by atoms with van der Waals surface area (Å²) >= 11 is 1.80. The molecule has 0 heterocycles. The van der Waals surface area contributed by atoms with Crippen molar-refractivity contribution in [2.75, 3.05) is 32.6 Å². The zero-order valence-electron chi connectivity index (χ0n) is 16.6. The highest BCUT2D eigenvalue weighted by Crippen LogP contribution is 2.32. The van der Waals surface area contributed by atoms with E-state index in [1.807, 2.05) is 48.5 Å². The first-order valence-corrected chi connectivity index (χ1v) is 9.66. The van der Waals surface area contributed by atoms with Gasteiger partial charge in [-0.2, -0.15) is 0 Å². The fourth-order valence-electron chi connectivity index (χ4n) is 2.25. The van der Waals surface area contributed by atoms with E-state index in [4.69, 9.17) is 9.47 Å². The molecule has 2 amide bonds. The number of thioether (sulfide) groups is 1. The maximum atomic E-state index is 12.3. The van der Waals surface area contributed by atoms with E-state index < -0.39 is 0 Å². The number of methoxy groups -OCH3 is 1. The molecular formula is C21H28N2O3S. The van der Waals surface area contributed by atoms with E-state index in [0.717, 1.165) is 17.2 Å². The van der Waals surface area contributed by atoms with Gasteiger partial charge >= 0.3 is 6.03 Å². The third kappa shape index (κ3) is 7.43. The molecule has 146 valence electrons. The Morgan fingerprint density at radius 3 is 2.19 bits per heavy atom. The second-order valence-corrected chi connectivity index (χ2v) is 9.01. The number of nitrogens with zero attached hydrogens (tertiary/aromatic N) is 1. The Labute approximate surface area is 166 Å². The van der Waals surface area contributed by atoms with Crippen LogP contribution in [0.25, 0.3) is 0 Å². The monoisotopic (exact) mass is 388 g/mol. The number of carbonyl (C=O) groups is 1. The first-order valence-electron chi connectivity index (χ1n) is 8.85. The van der Waals surface area contributed by atoms with E-state index in [2.05, 4.69) is 26.1 Å². The number of benzene rings is 2. The van der Waals surface area contributed by atoms with Crippen LogP contribution in [0.2, 0.25) is 0 Å². The molecule has 0 bridgehead atoms. The minimum Gasteiger partial charge on any atom is -0.497 e. The third-order valence-electron chi connectivity index (χ3n) is 3.63. The van der Waals surface area contributed by atoms with Gasteiger partial charge in [0.2, 0.25) is 0 Å². The van der Waals surface area contributed by atoms with Crippen LogP contribution in [-0.4, -0.2) is 43.0 Å². The Kier molecular flexibility index (Phi) is 7.42. The summed E-state index contributed by atoms with van der Waals surface area (Å²) in [5, 5.41) is 2.90. The van der Waals surface area contributed by atoms with Crippen LogP contribution in [0.1, 0.15) is 20.8 Å². The van der Waals surface area contributed by atoms with Gasteiger partial charge in [0.1, 0.15) is 18.1 Å². The van der Waals surface area contributed by atoms with Crippen molar-refractivity contribution in [3.05, 3.63) is 48.5 Å². The Morgan fingerprint density at radius 1 is 1.04 bits per heavy atom. The molecule has 0 atom stereocenters. The average Bonchev–Trinajstić information content (AvgIpc) is 2.62. The zero-order valence-corrected chi connectivity index (χ0v) is 17.4. The SMILES string of the molecule is COc1ccc(OCCN(C)C(=O)Nc2ccc(SC(C)(C)C)cc2)cc1. The zero-order chi connectivity index (χ0) is 19.9. The van der Waals surface area contributed by atoms with Crippen molar-refractivity contribution in [2.24, 2.45) is 0 Å². The predicted octanol–water partition coefficient (Wildman–Crippen LogP) is 5.13. The number of carbonyl (C=O) groups excluding carboxylic acids is 1. The maximum Gasteiger partial charge on any atom is 0.321 e. The summed E-state index contributed by atoms with van der Waals surface area (Å²) in [5.41, 5.74) is 0.779. The number of hydrogen-bond acceptors (Lipinski definition) is 4. The third-order valence-corrected chi connectivity index (χ3v) is 4.75. The molecule has 0 saturated heterocycles. The molecule has 0 unspecified atom stereocenters. The van der Waals surface area contributed by atoms with E-state index in [1.165, 1.54) is 4.90 Å². The molecule has 0 aliphatic heterocycles.